The van der Waals surface area contributed by atoms with Crippen molar-refractivity contribution >= 4 is 34.1 Å². The summed E-state index contributed by atoms with van der Waals surface area (Å²) in [6.45, 7) is 2.85. The van der Waals surface area contributed by atoms with Crippen molar-refractivity contribution in [3.8, 4) is 5.75 Å². The molecule has 2 aromatic heterocycles. The molecule has 0 spiro atoms. The minimum atomic E-state index is -0.144. The zero-order valence-electron chi connectivity index (χ0n) is 21.2. The van der Waals surface area contributed by atoms with Gasteiger partial charge >= 0.3 is 0 Å². The number of aryl methyl sites for hydroxylation is 2. The molecule has 1 aromatic carbocycles. The Morgan fingerprint density at radius 3 is 2.62 bits per heavy atom. The first-order valence-corrected chi connectivity index (χ1v) is 13.9. The van der Waals surface area contributed by atoms with Gasteiger partial charge in [0, 0.05) is 12.3 Å². The highest BCUT2D eigenvalue weighted by Gasteiger charge is 2.30. The number of amides is 2. The van der Waals surface area contributed by atoms with Crippen LogP contribution in [0.1, 0.15) is 68.1 Å². The summed E-state index contributed by atoms with van der Waals surface area (Å²) in [4.78, 5) is 24.3. The minimum absolute atomic E-state index is 0.0536. The number of anilines is 2. The number of carbonyl (C=O) groups is 2. The van der Waals surface area contributed by atoms with Crippen molar-refractivity contribution in [3.63, 3.8) is 0 Å². The summed E-state index contributed by atoms with van der Waals surface area (Å²) in [6.07, 6.45) is 8.98. The van der Waals surface area contributed by atoms with Crippen molar-refractivity contribution in [1.29, 1.82) is 0 Å². The summed E-state index contributed by atoms with van der Waals surface area (Å²) in [6, 6.07) is 11.3. The topological polar surface area (TPSA) is 119 Å². The number of nitrogens with zero attached hydrogens (tertiary/aromatic N) is 4. The fourth-order valence-electron chi connectivity index (χ4n) is 3.76. The van der Waals surface area contributed by atoms with E-state index in [0.29, 0.717) is 17.6 Å². The van der Waals surface area contributed by atoms with E-state index >= 15 is 0 Å². The van der Waals surface area contributed by atoms with E-state index in [1.807, 2.05) is 30.3 Å². The maximum Gasteiger partial charge on any atom is 0.229 e. The second-order valence-corrected chi connectivity index (χ2v) is 10.4. The maximum absolute atomic E-state index is 12.5. The van der Waals surface area contributed by atoms with Gasteiger partial charge in [0.25, 0.3) is 0 Å². The number of benzene rings is 1. The number of aromatic nitrogens is 4. The average Bonchev–Trinajstić information content (AvgIpc) is 3.66. The van der Waals surface area contributed by atoms with Crippen LogP contribution in [-0.4, -0.2) is 38.8 Å². The molecule has 2 heterocycles. The van der Waals surface area contributed by atoms with Gasteiger partial charge in [0.2, 0.25) is 16.9 Å². The molecule has 4 rings (SSSR count). The van der Waals surface area contributed by atoms with Gasteiger partial charge in [0.1, 0.15) is 10.8 Å². The van der Waals surface area contributed by atoms with Crippen LogP contribution in [0, 0.1) is 5.92 Å². The number of ether oxygens (including phenoxy) is 1. The molecular formula is C27H34N6O3S. The third kappa shape index (κ3) is 9.20. The molecule has 2 amide bonds. The molecule has 1 aliphatic carbocycles. The highest BCUT2D eigenvalue weighted by Crippen LogP contribution is 2.30. The Bertz CT molecular complexity index is 1160. The first kappa shape index (κ1) is 26.7. The number of carbonyl (C=O) groups excluding carboxylic acids is 2. The zero-order chi connectivity index (χ0) is 25.9. The summed E-state index contributed by atoms with van der Waals surface area (Å²) in [5, 5.41) is 23.8. The Hall–Kier alpha value is -3.40. The Kier molecular flexibility index (Phi) is 9.93. The largest absolute Gasteiger partial charge is 0.494 e. The molecule has 0 radical (unpaired) electrons. The molecule has 1 aliphatic rings. The summed E-state index contributed by atoms with van der Waals surface area (Å²) in [7, 11) is 0. The quantitative estimate of drug-likeness (QED) is 0.270. The highest BCUT2D eigenvalue weighted by atomic mass is 32.1. The van der Waals surface area contributed by atoms with Crippen LogP contribution in [0.2, 0.25) is 0 Å². The zero-order valence-corrected chi connectivity index (χ0v) is 22.1. The molecular weight excluding hydrogens is 488 g/mol. The number of unbranched alkanes of at least 4 members (excludes halogenated alkanes) is 3. The average molecular weight is 523 g/mol. The van der Waals surface area contributed by atoms with Crippen LogP contribution in [0.5, 0.6) is 5.75 Å². The van der Waals surface area contributed by atoms with Gasteiger partial charge < -0.3 is 15.4 Å². The van der Waals surface area contributed by atoms with Crippen molar-refractivity contribution in [1.82, 2.24) is 20.4 Å². The van der Waals surface area contributed by atoms with Crippen molar-refractivity contribution in [2.45, 2.75) is 71.1 Å². The molecule has 37 heavy (non-hydrogen) atoms. The summed E-state index contributed by atoms with van der Waals surface area (Å²) >= 11 is 1.44. The monoisotopic (exact) mass is 522 g/mol. The molecule has 0 bridgehead atoms. The lowest BCUT2D eigenvalue weighted by atomic mass is 10.1. The lowest BCUT2D eigenvalue weighted by Gasteiger charge is -2.08. The SMILES string of the molecule is CCCCCOc1cccc(CC(=O)Nc2ccc(CCCCc3nnc(NC(=O)C4CC4)s3)nn2)c1. The Labute approximate surface area is 221 Å². The Morgan fingerprint density at radius 1 is 0.973 bits per heavy atom. The molecule has 1 saturated carbocycles. The fraction of sp³-hybridized carbons (Fsp3) is 0.481. The molecule has 0 aliphatic heterocycles. The molecule has 10 heteroatoms. The highest BCUT2D eigenvalue weighted by molar-refractivity contribution is 7.15. The summed E-state index contributed by atoms with van der Waals surface area (Å²) in [5.74, 6) is 1.30. The van der Waals surface area contributed by atoms with Gasteiger partial charge in [0.05, 0.1) is 18.7 Å². The van der Waals surface area contributed by atoms with E-state index in [4.69, 9.17) is 4.74 Å². The second-order valence-electron chi connectivity index (χ2n) is 9.31. The van der Waals surface area contributed by atoms with Gasteiger partial charge in [0.15, 0.2) is 5.82 Å². The number of nitrogens with one attached hydrogen (secondary N) is 2. The number of rotatable bonds is 15. The van der Waals surface area contributed by atoms with E-state index in [2.05, 4.69) is 38.0 Å². The van der Waals surface area contributed by atoms with Crippen LogP contribution in [0.3, 0.4) is 0 Å². The summed E-state index contributed by atoms with van der Waals surface area (Å²) in [5.41, 5.74) is 1.77. The van der Waals surface area contributed by atoms with Crippen LogP contribution < -0.4 is 15.4 Å². The van der Waals surface area contributed by atoms with E-state index in [1.54, 1.807) is 6.07 Å². The number of hydrogen-bond acceptors (Lipinski definition) is 8. The van der Waals surface area contributed by atoms with Crippen molar-refractivity contribution < 1.29 is 14.3 Å². The van der Waals surface area contributed by atoms with E-state index in [9.17, 15) is 9.59 Å². The fourth-order valence-corrected chi connectivity index (χ4v) is 4.54. The molecule has 0 unspecified atom stereocenters. The van der Waals surface area contributed by atoms with Gasteiger partial charge in [-0.25, -0.2) is 0 Å². The third-order valence-electron chi connectivity index (χ3n) is 5.99. The lowest BCUT2D eigenvalue weighted by Crippen LogP contribution is -2.16. The standard InChI is InChI=1S/C27H34N6O3S/c1-2-3-6-16-36-22-10-7-8-19(17-22)18-24(34)28-23-15-14-21(30-31-23)9-4-5-11-25-32-33-27(37-25)29-26(35)20-12-13-20/h7-8,10,14-15,17,20H,2-6,9,11-13,16,18H2,1H3,(H,28,31,34)(H,29,33,35). The van der Waals surface area contributed by atoms with E-state index in [0.717, 1.165) is 79.8 Å². The van der Waals surface area contributed by atoms with E-state index < -0.39 is 0 Å². The van der Waals surface area contributed by atoms with Crippen LogP contribution in [0.25, 0.3) is 0 Å². The molecule has 0 saturated heterocycles. The van der Waals surface area contributed by atoms with E-state index in [1.165, 1.54) is 11.3 Å². The predicted octanol–water partition coefficient (Wildman–Crippen LogP) is 4.99. The van der Waals surface area contributed by atoms with Gasteiger partial charge in [-0.3, -0.25) is 9.59 Å². The first-order chi connectivity index (χ1) is 18.1. The van der Waals surface area contributed by atoms with E-state index in [-0.39, 0.29) is 24.2 Å². The molecule has 2 N–H and O–H groups in total. The Morgan fingerprint density at radius 2 is 1.84 bits per heavy atom. The maximum atomic E-state index is 12.5. The molecule has 196 valence electrons. The van der Waals surface area contributed by atoms with Crippen molar-refractivity contribution in [2.24, 2.45) is 5.92 Å². The van der Waals surface area contributed by atoms with Gasteiger partial charge in [-0.2, -0.15) is 5.10 Å². The molecule has 3 aromatic rings. The smallest absolute Gasteiger partial charge is 0.229 e. The van der Waals surface area contributed by atoms with Gasteiger partial charge in [-0.05, 0) is 68.4 Å². The third-order valence-corrected chi connectivity index (χ3v) is 6.88. The molecule has 0 atom stereocenters. The van der Waals surface area contributed by atoms with Gasteiger partial charge in [-0.1, -0.05) is 43.2 Å². The molecule has 1 fully saturated rings. The van der Waals surface area contributed by atoms with Crippen LogP contribution in [-0.2, 0) is 28.9 Å². The first-order valence-electron chi connectivity index (χ1n) is 13.1. The summed E-state index contributed by atoms with van der Waals surface area (Å²) < 4.78 is 5.78. The predicted molar refractivity (Wildman–Crippen MR) is 144 cm³/mol. The Balaban J connectivity index is 1.14. The van der Waals surface area contributed by atoms with Crippen LogP contribution in [0.4, 0.5) is 10.9 Å². The van der Waals surface area contributed by atoms with Crippen LogP contribution >= 0.6 is 11.3 Å². The van der Waals surface area contributed by atoms with Gasteiger partial charge in [-0.15, -0.1) is 15.3 Å². The van der Waals surface area contributed by atoms with Crippen molar-refractivity contribution in [2.75, 3.05) is 17.2 Å². The van der Waals surface area contributed by atoms with Crippen LogP contribution in [0.15, 0.2) is 36.4 Å². The van der Waals surface area contributed by atoms with Crippen molar-refractivity contribution in [3.05, 3.63) is 52.7 Å². The molecule has 9 nitrogen and oxygen atoms in total. The normalized spacial score (nSPS) is 12.8. The number of hydrogen-bond donors (Lipinski definition) is 2. The lowest BCUT2D eigenvalue weighted by molar-refractivity contribution is -0.117. The minimum Gasteiger partial charge on any atom is -0.494 e. The second kappa shape index (κ2) is 13.8.